The highest BCUT2D eigenvalue weighted by Crippen LogP contribution is 2.16. The van der Waals surface area contributed by atoms with E-state index in [1.54, 1.807) is 0 Å². The third-order valence-electron chi connectivity index (χ3n) is 3.48. The Hall–Kier alpha value is -1.36. The number of aromatic nitrogens is 2. The number of carbonyl (C=O) groups excluding carboxylic acids is 1. The molecule has 1 aliphatic heterocycles. The van der Waals surface area contributed by atoms with Crippen LogP contribution < -0.4 is 5.32 Å². The molecule has 0 saturated carbocycles. The van der Waals surface area contributed by atoms with Gasteiger partial charge in [-0.15, -0.1) is 0 Å². The van der Waals surface area contributed by atoms with E-state index in [0.29, 0.717) is 18.9 Å². The van der Waals surface area contributed by atoms with E-state index < -0.39 is 0 Å². The van der Waals surface area contributed by atoms with Gasteiger partial charge in [-0.25, -0.2) is 0 Å². The third-order valence-corrected chi connectivity index (χ3v) is 3.48. The van der Waals surface area contributed by atoms with Gasteiger partial charge in [-0.05, 0) is 38.7 Å². The number of hydrogen-bond acceptors (Lipinski definition) is 3. The van der Waals surface area contributed by atoms with Gasteiger partial charge in [0.25, 0.3) is 0 Å². The van der Waals surface area contributed by atoms with E-state index in [9.17, 15) is 4.79 Å². The van der Waals surface area contributed by atoms with Gasteiger partial charge in [0.15, 0.2) is 0 Å². The third kappa shape index (κ3) is 4.35. The molecule has 19 heavy (non-hydrogen) atoms. The number of aryl methyl sites for hydroxylation is 2. The second-order valence-electron chi connectivity index (χ2n) is 5.29. The maximum Gasteiger partial charge on any atom is 0.220 e. The van der Waals surface area contributed by atoms with Gasteiger partial charge in [0.05, 0.1) is 12.2 Å². The molecule has 1 fully saturated rings. The summed E-state index contributed by atoms with van der Waals surface area (Å²) in [6.45, 7) is 6.94. The number of nitrogens with one attached hydrogen (secondary N) is 1. The molecule has 0 unspecified atom stereocenters. The monoisotopic (exact) mass is 265 g/mol. The van der Waals surface area contributed by atoms with Crippen molar-refractivity contribution < 1.29 is 9.53 Å². The van der Waals surface area contributed by atoms with Crippen molar-refractivity contribution >= 4 is 5.91 Å². The zero-order valence-electron chi connectivity index (χ0n) is 11.8. The molecule has 0 aromatic carbocycles. The molecular weight excluding hydrogens is 242 g/mol. The van der Waals surface area contributed by atoms with Crippen LogP contribution in [0.25, 0.3) is 0 Å². The zero-order chi connectivity index (χ0) is 13.7. The standard InChI is InChI=1S/C14H23N3O2/c1-11-8-12(2)17(16-11)6-5-15-14(18)9-13-4-3-7-19-10-13/h8,13H,3-7,9-10H2,1-2H3,(H,15,18)/t13-/m0/s1. The summed E-state index contributed by atoms with van der Waals surface area (Å²) in [6.07, 6.45) is 2.76. The molecule has 1 N–H and O–H groups in total. The number of ether oxygens (including phenoxy) is 1. The van der Waals surface area contributed by atoms with Crippen LogP contribution in [0, 0.1) is 19.8 Å². The summed E-state index contributed by atoms with van der Waals surface area (Å²) in [6, 6.07) is 2.04. The molecule has 1 aliphatic rings. The van der Waals surface area contributed by atoms with Gasteiger partial charge in [-0.1, -0.05) is 0 Å². The molecule has 1 atom stereocenters. The molecule has 1 saturated heterocycles. The van der Waals surface area contributed by atoms with Crippen LogP contribution in [-0.2, 0) is 16.1 Å². The van der Waals surface area contributed by atoms with E-state index >= 15 is 0 Å². The fraction of sp³-hybridized carbons (Fsp3) is 0.714. The smallest absolute Gasteiger partial charge is 0.220 e. The molecule has 0 radical (unpaired) electrons. The molecule has 5 heteroatoms. The Balaban J connectivity index is 1.67. The minimum Gasteiger partial charge on any atom is -0.381 e. The first kappa shape index (κ1) is 14.1. The Kier molecular flexibility index (Phi) is 4.96. The molecule has 1 amide bonds. The summed E-state index contributed by atoms with van der Waals surface area (Å²) in [5, 5.41) is 7.33. The van der Waals surface area contributed by atoms with Crippen molar-refractivity contribution in [2.45, 2.75) is 39.7 Å². The highest BCUT2D eigenvalue weighted by atomic mass is 16.5. The van der Waals surface area contributed by atoms with Crippen molar-refractivity contribution in [3.63, 3.8) is 0 Å². The van der Waals surface area contributed by atoms with Gasteiger partial charge >= 0.3 is 0 Å². The number of carbonyl (C=O) groups is 1. The topological polar surface area (TPSA) is 56.2 Å². The fourth-order valence-electron chi connectivity index (χ4n) is 2.51. The molecule has 5 nitrogen and oxygen atoms in total. The van der Waals surface area contributed by atoms with Crippen LogP contribution in [0.2, 0.25) is 0 Å². The van der Waals surface area contributed by atoms with Gasteiger partial charge in [-0.3, -0.25) is 9.48 Å². The zero-order valence-corrected chi connectivity index (χ0v) is 11.8. The van der Waals surface area contributed by atoms with Crippen LogP contribution in [0.3, 0.4) is 0 Å². The average molecular weight is 265 g/mol. The minimum absolute atomic E-state index is 0.122. The minimum atomic E-state index is 0.122. The Morgan fingerprint density at radius 2 is 2.42 bits per heavy atom. The lowest BCUT2D eigenvalue weighted by Crippen LogP contribution is -2.31. The molecular formula is C14H23N3O2. The van der Waals surface area contributed by atoms with Gasteiger partial charge in [-0.2, -0.15) is 5.10 Å². The van der Waals surface area contributed by atoms with Gasteiger partial charge in [0.2, 0.25) is 5.91 Å². The second kappa shape index (κ2) is 6.70. The summed E-state index contributed by atoms with van der Waals surface area (Å²) >= 11 is 0. The van der Waals surface area contributed by atoms with Gasteiger partial charge in [0.1, 0.15) is 0 Å². The van der Waals surface area contributed by atoms with Crippen molar-refractivity contribution in [1.29, 1.82) is 0 Å². The van der Waals surface area contributed by atoms with Crippen LogP contribution in [0.1, 0.15) is 30.7 Å². The lowest BCUT2D eigenvalue weighted by atomic mass is 9.98. The maximum atomic E-state index is 11.8. The summed E-state index contributed by atoms with van der Waals surface area (Å²) in [7, 11) is 0. The summed E-state index contributed by atoms with van der Waals surface area (Å²) in [5.41, 5.74) is 2.15. The van der Waals surface area contributed by atoms with Gasteiger partial charge in [0, 0.05) is 31.9 Å². The molecule has 1 aromatic heterocycles. The largest absolute Gasteiger partial charge is 0.381 e. The van der Waals surface area contributed by atoms with Crippen molar-refractivity contribution in [3.05, 3.63) is 17.5 Å². The SMILES string of the molecule is Cc1cc(C)n(CCNC(=O)C[C@@H]2CCCOC2)n1. The van der Waals surface area contributed by atoms with E-state index in [0.717, 1.165) is 44.0 Å². The molecule has 0 spiro atoms. The Morgan fingerprint density at radius 3 is 3.05 bits per heavy atom. The molecule has 2 heterocycles. The highest BCUT2D eigenvalue weighted by molar-refractivity contribution is 5.76. The fourth-order valence-corrected chi connectivity index (χ4v) is 2.51. The van der Waals surface area contributed by atoms with E-state index in [4.69, 9.17) is 4.74 Å². The Morgan fingerprint density at radius 1 is 1.58 bits per heavy atom. The Bertz CT molecular complexity index is 422. The van der Waals surface area contributed by atoms with Crippen LogP contribution in [0.15, 0.2) is 6.07 Å². The molecule has 2 rings (SSSR count). The molecule has 106 valence electrons. The van der Waals surface area contributed by atoms with Crippen LogP contribution in [0.4, 0.5) is 0 Å². The van der Waals surface area contributed by atoms with Gasteiger partial charge < -0.3 is 10.1 Å². The van der Waals surface area contributed by atoms with Crippen molar-refractivity contribution in [3.8, 4) is 0 Å². The van der Waals surface area contributed by atoms with E-state index in [1.165, 1.54) is 0 Å². The summed E-state index contributed by atoms with van der Waals surface area (Å²) in [4.78, 5) is 11.8. The first-order chi connectivity index (χ1) is 9.15. The van der Waals surface area contributed by atoms with E-state index in [2.05, 4.69) is 10.4 Å². The number of hydrogen-bond donors (Lipinski definition) is 1. The first-order valence-corrected chi connectivity index (χ1v) is 7.00. The maximum absolute atomic E-state index is 11.8. The molecule has 1 aromatic rings. The highest BCUT2D eigenvalue weighted by Gasteiger charge is 2.17. The molecule has 0 aliphatic carbocycles. The lowest BCUT2D eigenvalue weighted by Gasteiger charge is -2.21. The predicted molar refractivity (Wildman–Crippen MR) is 72.9 cm³/mol. The normalized spacial score (nSPS) is 19.4. The van der Waals surface area contributed by atoms with Crippen molar-refractivity contribution in [1.82, 2.24) is 15.1 Å². The number of amides is 1. The van der Waals surface area contributed by atoms with E-state index in [-0.39, 0.29) is 5.91 Å². The van der Waals surface area contributed by atoms with Crippen molar-refractivity contribution in [2.24, 2.45) is 5.92 Å². The Labute approximate surface area is 114 Å². The first-order valence-electron chi connectivity index (χ1n) is 7.00. The van der Waals surface area contributed by atoms with E-state index in [1.807, 2.05) is 24.6 Å². The number of rotatable bonds is 5. The van der Waals surface area contributed by atoms with Crippen molar-refractivity contribution in [2.75, 3.05) is 19.8 Å². The molecule has 0 bridgehead atoms. The predicted octanol–water partition coefficient (Wildman–Crippen LogP) is 1.43. The second-order valence-corrected chi connectivity index (χ2v) is 5.29. The quantitative estimate of drug-likeness (QED) is 0.876. The van der Waals surface area contributed by atoms with Crippen LogP contribution >= 0.6 is 0 Å². The average Bonchev–Trinajstić information content (AvgIpc) is 2.69. The number of nitrogens with zero attached hydrogens (tertiary/aromatic N) is 2. The van der Waals surface area contributed by atoms with Crippen LogP contribution in [0.5, 0.6) is 0 Å². The summed E-state index contributed by atoms with van der Waals surface area (Å²) in [5.74, 6) is 0.513. The summed E-state index contributed by atoms with van der Waals surface area (Å²) < 4.78 is 7.31. The lowest BCUT2D eigenvalue weighted by molar-refractivity contribution is -0.123. The van der Waals surface area contributed by atoms with Crippen LogP contribution in [-0.4, -0.2) is 35.4 Å².